The first-order valence-corrected chi connectivity index (χ1v) is 35.2. The van der Waals surface area contributed by atoms with Crippen molar-refractivity contribution in [3.05, 3.63) is 0 Å². The minimum absolute atomic E-state index is 0.100. The maximum absolute atomic E-state index is 12.9. The highest BCUT2D eigenvalue weighted by Gasteiger charge is 2.30. The SMILES string of the molecule is CCC(C)CCCCCCCCC(=O)OC[C@H](COP(=O)(O)OC[C@H](O)COP(=O)(O)OC[C@@H](COC(=O)CCCCCCCCCC(C)C)OC(=O)CCCCCCCCC(C)C)OC(=O)CCCCCCCCCCCC(C)C. The van der Waals surface area contributed by atoms with E-state index in [0.717, 1.165) is 115 Å². The van der Waals surface area contributed by atoms with Gasteiger partial charge in [-0.25, -0.2) is 9.13 Å². The molecule has 17 nitrogen and oxygen atoms in total. The zero-order valence-electron chi connectivity index (χ0n) is 52.4. The van der Waals surface area contributed by atoms with Gasteiger partial charge in [0.2, 0.25) is 0 Å². The molecule has 0 aromatic rings. The molecular weight excluding hydrogens is 1080 g/mol. The molecule has 0 saturated carbocycles. The number of ether oxygens (including phenoxy) is 4. The Morgan fingerprint density at radius 1 is 0.346 bits per heavy atom. The van der Waals surface area contributed by atoms with E-state index in [1.807, 2.05) is 0 Å². The molecule has 0 spiro atoms. The fraction of sp³-hybridized carbons (Fsp3) is 0.935. The van der Waals surface area contributed by atoms with Gasteiger partial charge in [0, 0.05) is 25.7 Å². The lowest BCUT2D eigenvalue weighted by molar-refractivity contribution is -0.161. The van der Waals surface area contributed by atoms with Crippen LogP contribution in [-0.2, 0) is 65.4 Å². The number of esters is 4. The molecule has 19 heteroatoms. The Morgan fingerprint density at radius 2 is 0.593 bits per heavy atom. The predicted molar refractivity (Wildman–Crippen MR) is 321 cm³/mol. The Balaban J connectivity index is 5.25. The summed E-state index contributed by atoms with van der Waals surface area (Å²) in [5.74, 6) is 0.695. The molecule has 0 fully saturated rings. The van der Waals surface area contributed by atoms with Crippen LogP contribution in [0, 0.1) is 23.7 Å². The molecule has 0 aliphatic rings. The van der Waals surface area contributed by atoms with Crippen molar-refractivity contribution >= 4 is 39.5 Å². The molecule has 0 aromatic heterocycles. The number of phosphoric ester groups is 2. The highest BCUT2D eigenvalue weighted by atomic mass is 31.2. The number of unbranched alkanes of at least 4 members (excludes halogenated alkanes) is 24. The van der Waals surface area contributed by atoms with Crippen molar-refractivity contribution in [1.82, 2.24) is 0 Å². The van der Waals surface area contributed by atoms with E-state index in [-0.39, 0.29) is 25.7 Å². The molecule has 3 unspecified atom stereocenters. The molecule has 0 heterocycles. The van der Waals surface area contributed by atoms with E-state index >= 15 is 0 Å². The van der Waals surface area contributed by atoms with Crippen molar-refractivity contribution in [2.24, 2.45) is 23.7 Å². The third kappa shape index (κ3) is 55.7. The first kappa shape index (κ1) is 79.1. The number of hydrogen-bond acceptors (Lipinski definition) is 15. The van der Waals surface area contributed by atoms with Crippen molar-refractivity contribution in [1.29, 1.82) is 0 Å². The summed E-state index contributed by atoms with van der Waals surface area (Å²) in [6.07, 6.45) is 31.0. The summed E-state index contributed by atoms with van der Waals surface area (Å²) in [5.41, 5.74) is 0. The molecule has 0 aliphatic carbocycles. The van der Waals surface area contributed by atoms with Crippen molar-refractivity contribution in [2.75, 3.05) is 39.6 Å². The molecule has 0 radical (unpaired) electrons. The zero-order valence-corrected chi connectivity index (χ0v) is 54.2. The Labute approximate surface area is 492 Å². The average molecular weight is 1200 g/mol. The Kier molecular flexibility index (Phi) is 51.1. The van der Waals surface area contributed by atoms with Gasteiger partial charge in [-0.2, -0.15) is 0 Å². The lowest BCUT2D eigenvalue weighted by Crippen LogP contribution is -2.30. The first-order chi connectivity index (χ1) is 38.6. The van der Waals surface area contributed by atoms with Crippen LogP contribution >= 0.6 is 15.6 Å². The van der Waals surface area contributed by atoms with Crippen LogP contribution in [0.25, 0.3) is 0 Å². The third-order valence-corrected chi connectivity index (χ3v) is 16.3. The molecule has 0 rings (SSSR count). The standard InChI is InChI=1S/C62H120O17P2/c1-9-55(8)41-33-25-19-21-27-35-43-60(65)73-49-57(78-61(66)44-36-28-16-12-10-11-14-22-30-38-52(2)3)50-76-80(68,69)74-46-56(63)47-75-81(70,71)77-51-58(79-62(67)45-37-29-20-18-24-32-40-54(6)7)48-72-59(64)42-34-26-17-13-15-23-31-39-53(4)5/h52-58,63H,9-51H2,1-8H3,(H,68,69)(H,70,71)/t55?,56-,57+,58+/m0/s1. The first-order valence-electron chi connectivity index (χ1n) is 32.2. The third-order valence-electron chi connectivity index (χ3n) is 14.4. The second kappa shape index (κ2) is 52.4. The van der Waals surface area contributed by atoms with Crippen molar-refractivity contribution < 1.29 is 80.2 Å². The fourth-order valence-electron chi connectivity index (χ4n) is 9.04. The topological polar surface area (TPSA) is 237 Å². The Hall–Kier alpha value is -1.94. The molecular formula is C62H120O17P2. The molecule has 0 amide bonds. The van der Waals surface area contributed by atoms with E-state index < -0.39 is 97.5 Å². The van der Waals surface area contributed by atoms with Crippen LogP contribution in [0.3, 0.4) is 0 Å². The maximum Gasteiger partial charge on any atom is 0.472 e. The fourth-order valence-corrected chi connectivity index (χ4v) is 10.6. The molecule has 6 atom stereocenters. The van der Waals surface area contributed by atoms with Crippen molar-refractivity contribution in [2.45, 2.75) is 311 Å². The Bertz CT molecular complexity index is 1630. The Morgan fingerprint density at radius 3 is 0.877 bits per heavy atom. The van der Waals surface area contributed by atoms with Gasteiger partial charge in [-0.15, -0.1) is 0 Å². The lowest BCUT2D eigenvalue weighted by atomic mass is 10.00. The van der Waals surface area contributed by atoms with E-state index in [1.54, 1.807) is 0 Å². The smallest absolute Gasteiger partial charge is 0.462 e. The molecule has 480 valence electrons. The molecule has 81 heavy (non-hydrogen) atoms. The molecule has 3 N–H and O–H groups in total. The van der Waals surface area contributed by atoms with Crippen molar-refractivity contribution in [3.8, 4) is 0 Å². The number of phosphoric acid groups is 2. The zero-order chi connectivity index (χ0) is 60.4. The van der Waals surface area contributed by atoms with E-state index in [1.165, 1.54) is 83.5 Å². The summed E-state index contributed by atoms with van der Waals surface area (Å²) in [6, 6.07) is 0. The van der Waals surface area contributed by atoms with Gasteiger partial charge in [0.15, 0.2) is 12.2 Å². The summed E-state index contributed by atoms with van der Waals surface area (Å²) in [5, 5.41) is 10.5. The molecule has 0 aromatic carbocycles. The number of aliphatic hydroxyl groups excluding tert-OH is 1. The van der Waals surface area contributed by atoms with Crippen LogP contribution in [-0.4, -0.2) is 96.7 Å². The largest absolute Gasteiger partial charge is 0.472 e. The summed E-state index contributed by atoms with van der Waals surface area (Å²) < 4.78 is 67.9. The highest BCUT2D eigenvalue weighted by molar-refractivity contribution is 7.47. The van der Waals surface area contributed by atoms with Gasteiger partial charge in [-0.3, -0.25) is 37.3 Å². The lowest BCUT2D eigenvalue weighted by Gasteiger charge is -2.21. The van der Waals surface area contributed by atoms with Crippen LogP contribution in [0.1, 0.15) is 293 Å². The van der Waals surface area contributed by atoms with Crippen LogP contribution in [0.15, 0.2) is 0 Å². The van der Waals surface area contributed by atoms with Gasteiger partial charge >= 0.3 is 39.5 Å². The summed E-state index contributed by atoms with van der Waals surface area (Å²) >= 11 is 0. The molecule has 0 bridgehead atoms. The van der Waals surface area contributed by atoms with Crippen molar-refractivity contribution in [3.63, 3.8) is 0 Å². The normalized spacial score (nSPS) is 14.8. The minimum atomic E-state index is -4.94. The quantitative estimate of drug-likeness (QED) is 0.0222. The number of carbonyl (C=O) groups is 4. The molecule has 0 saturated heterocycles. The van der Waals surface area contributed by atoms with Gasteiger partial charge in [0.05, 0.1) is 26.4 Å². The second-order valence-electron chi connectivity index (χ2n) is 24.1. The second-order valence-corrected chi connectivity index (χ2v) is 27.0. The van der Waals surface area contributed by atoms with E-state index in [2.05, 4.69) is 55.4 Å². The average Bonchev–Trinajstić information content (AvgIpc) is 3.41. The number of carbonyl (C=O) groups excluding carboxylic acids is 4. The van der Waals surface area contributed by atoms with E-state index in [9.17, 15) is 43.2 Å². The van der Waals surface area contributed by atoms with Gasteiger partial charge in [0.25, 0.3) is 0 Å². The van der Waals surface area contributed by atoms with Crippen LogP contribution in [0.4, 0.5) is 0 Å². The summed E-state index contributed by atoms with van der Waals surface area (Å²) in [4.78, 5) is 72.1. The predicted octanol–water partition coefficient (Wildman–Crippen LogP) is 16.6. The highest BCUT2D eigenvalue weighted by Crippen LogP contribution is 2.45. The van der Waals surface area contributed by atoms with E-state index in [4.69, 9.17) is 37.0 Å². The summed E-state index contributed by atoms with van der Waals surface area (Å²) in [6.45, 7) is 13.9. The maximum atomic E-state index is 12.9. The monoisotopic (exact) mass is 1200 g/mol. The van der Waals surface area contributed by atoms with Gasteiger partial charge in [-0.1, -0.05) is 242 Å². The number of hydrogen-bond donors (Lipinski definition) is 3. The summed E-state index contributed by atoms with van der Waals surface area (Å²) in [7, 11) is -9.88. The van der Waals surface area contributed by atoms with Gasteiger partial charge in [0.1, 0.15) is 19.3 Å². The van der Waals surface area contributed by atoms with Crippen LogP contribution < -0.4 is 0 Å². The van der Waals surface area contributed by atoms with Crippen LogP contribution in [0.2, 0.25) is 0 Å². The number of aliphatic hydroxyl groups is 1. The molecule has 0 aliphatic heterocycles. The van der Waals surface area contributed by atoms with Gasteiger partial charge in [-0.05, 0) is 49.4 Å². The minimum Gasteiger partial charge on any atom is -0.462 e. The van der Waals surface area contributed by atoms with Crippen LogP contribution in [0.5, 0.6) is 0 Å². The van der Waals surface area contributed by atoms with Gasteiger partial charge < -0.3 is 33.8 Å². The number of rotatable bonds is 59. The van der Waals surface area contributed by atoms with E-state index in [0.29, 0.717) is 37.5 Å².